The molecular formula is C21H32O5S. The predicted molar refractivity (Wildman–Crippen MR) is 109 cm³/mol. The number of phenolic OH excluding ortho intramolecular Hbond substituents is 2. The Labute approximate surface area is 163 Å². The average molecular weight is 397 g/mol. The first kappa shape index (κ1) is 23.2. The lowest BCUT2D eigenvalue weighted by molar-refractivity contribution is 0.419. The summed E-state index contributed by atoms with van der Waals surface area (Å²) < 4.78 is 33.2. The number of allylic oxidation sites excluding steroid dienone is 4. The highest BCUT2D eigenvalue weighted by Gasteiger charge is 2.25. The van der Waals surface area contributed by atoms with Crippen LogP contribution >= 0.6 is 0 Å². The van der Waals surface area contributed by atoms with E-state index in [1.165, 1.54) is 11.6 Å². The number of aromatic hydroxyl groups is 2. The first-order valence-corrected chi connectivity index (χ1v) is 10.8. The summed E-state index contributed by atoms with van der Waals surface area (Å²) in [6.07, 6.45) is 8.84. The molecule has 0 saturated heterocycles. The van der Waals surface area contributed by atoms with E-state index in [1.54, 1.807) is 0 Å². The first-order chi connectivity index (χ1) is 12.6. The molecule has 0 radical (unpaired) electrons. The number of phenols is 2. The van der Waals surface area contributed by atoms with Crippen molar-refractivity contribution in [2.45, 2.75) is 77.5 Å². The normalized spacial score (nSPS) is 12.3. The lowest BCUT2D eigenvalue weighted by Crippen LogP contribution is -2.06. The summed E-state index contributed by atoms with van der Waals surface area (Å²) >= 11 is 0. The molecule has 1 aromatic carbocycles. The number of aryl methyl sites for hydroxylation is 1. The van der Waals surface area contributed by atoms with Gasteiger partial charge in [-0.2, -0.15) is 8.42 Å². The second-order valence-electron chi connectivity index (χ2n) is 7.22. The Balaban J connectivity index is 3.16. The third-order valence-electron chi connectivity index (χ3n) is 4.47. The molecule has 6 heteroatoms. The van der Waals surface area contributed by atoms with Crippen molar-refractivity contribution in [3.05, 3.63) is 40.5 Å². The summed E-state index contributed by atoms with van der Waals surface area (Å²) in [6, 6.07) is 1.35. The van der Waals surface area contributed by atoms with Crippen LogP contribution in [-0.4, -0.2) is 23.2 Å². The van der Waals surface area contributed by atoms with Crippen molar-refractivity contribution in [2.24, 2.45) is 0 Å². The number of hydrogen-bond acceptors (Lipinski definition) is 4. The fourth-order valence-corrected chi connectivity index (χ4v) is 3.80. The van der Waals surface area contributed by atoms with Gasteiger partial charge in [-0.05, 0) is 64.5 Å². The molecule has 3 N–H and O–H groups in total. The molecule has 0 amide bonds. The fraction of sp³-hybridized carbons (Fsp3) is 0.524. The minimum absolute atomic E-state index is 0.114. The van der Waals surface area contributed by atoms with E-state index in [4.69, 9.17) is 0 Å². The van der Waals surface area contributed by atoms with Crippen molar-refractivity contribution < 1.29 is 23.2 Å². The standard InChI is InChI=1S/C21H32O5S/c1-5-6-7-11-17-14-19(22)18(20(23)21(17)27(24,25)26)13-12-16(4)10-8-9-15(2)3/h9,12,14,22-23H,5-8,10-11,13H2,1-4H3,(H,24,25,26)/b16-12+. The Kier molecular flexibility index (Phi) is 9.06. The van der Waals surface area contributed by atoms with Crippen LogP contribution < -0.4 is 0 Å². The van der Waals surface area contributed by atoms with Crippen LogP contribution in [0, 0.1) is 0 Å². The molecule has 5 nitrogen and oxygen atoms in total. The zero-order valence-corrected chi connectivity index (χ0v) is 17.6. The van der Waals surface area contributed by atoms with Crippen molar-refractivity contribution in [3.63, 3.8) is 0 Å². The molecule has 0 atom stereocenters. The van der Waals surface area contributed by atoms with Crippen LogP contribution in [0.15, 0.2) is 34.3 Å². The van der Waals surface area contributed by atoms with Gasteiger partial charge in [0.05, 0.1) is 0 Å². The van der Waals surface area contributed by atoms with E-state index in [-0.39, 0.29) is 23.3 Å². The zero-order valence-electron chi connectivity index (χ0n) is 16.7. The van der Waals surface area contributed by atoms with Crippen molar-refractivity contribution in [1.82, 2.24) is 0 Å². The van der Waals surface area contributed by atoms with Gasteiger partial charge in [-0.1, -0.05) is 43.1 Å². The summed E-state index contributed by atoms with van der Waals surface area (Å²) in [7, 11) is -4.59. The maximum atomic E-state index is 11.8. The maximum absolute atomic E-state index is 11.8. The van der Waals surface area contributed by atoms with Crippen LogP contribution in [0.25, 0.3) is 0 Å². The summed E-state index contributed by atoms with van der Waals surface area (Å²) in [5, 5.41) is 20.8. The van der Waals surface area contributed by atoms with Crippen LogP contribution in [0.4, 0.5) is 0 Å². The van der Waals surface area contributed by atoms with Crippen LogP contribution in [-0.2, 0) is 23.0 Å². The minimum Gasteiger partial charge on any atom is -0.508 e. The van der Waals surface area contributed by atoms with E-state index >= 15 is 0 Å². The van der Waals surface area contributed by atoms with Gasteiger partial charge >= 0.3 is 0 Å². The van der Waals surface area contributed by atoms with E-state index < -0.39 is 20.8 Å². The highest BCUT2D eigenvalue weighted by molar-refractivity contribution is 7.86. The molecule has 1 rings (SSSR count). The Morgan fingerprint density at radius 3 is 2.33 bits per heavy atom. The number of rotatable bonds is 10. The first-order valence-electron chi connectivity index (χ1n) is 9.41. The van der Waals surface area contributed by atoms with Crippen LogP contribution in [0.5, 0.6) is 11.5 Å². The van der Waals surface area contributed by atoms with E-state index in [9.17, 15) is 23.2 Å². The molecule has 0 heterocycles. The summed E-state index contributed by atoms with van der Waals surface area (Å²) in [4.78, 5) is -0.484. The molecule has 0 aliphatic rings. The van der Waals surface area contributed by atoms with Gasteiger partial charge in [-0.15, -0.1) is 0 Å². The van der Waals surface area contributed by atoms with Crippen LogP contribution in [0.1, 0.15) is 70.9 Å². The summed E-state index contributed by atoms with van der Waals surface area (Å²) in [5.74, 6) is -0.711. The van der Waals surface area contributed by atoms with Crippen molar-refractivity contribution in [3.8, 4) is 11.5 Å². The molecule has 0 unspecified atom stereocenters. The topological polar surface area (TPSA) is 94.8 Å². The predicted octanol–water partition coefficient (Wildman–Crippen LogP) is 5.31. The smallest absolute Gasteiger partial charge is 0.298 e. The molecule has 27 heavy (non-hydrogen) atoms. The average Bonchev–Trinajstić information content (AvgIpc) is 2.52. The molecule has 0 spiro atoms. The quantitative estimate of drug-likeness (QED) is 0.283. The van der Waals surface area contributed by atoms with Gasteiger partial charge in [0.1, 0.15) is 16.4 Å². The minimum atomic E-state index is -4.59. The van der Waals surface area contributed by atoms with E-state index in [0.29, 0.717) is 12.8 Å². The zero-order chi connectivity index (χ0) is 20.6. The number of unbranched alkanes of at least 4 members (excludes halogenated alkanes) is 2. The second kappa shape index (κ2) is 10.5. The van der Waals surface area contributed by atoms with Gasteiger partial charge in [-0.3, -0.25) is 4.55 Å². The van der Waals surface area contributed by atoms with Crippen molar-refractivity contribution in [2.75, 3.05) is 0 Å². The van der Waals surface area contributed by atoms with Gasteiger partial charge in [0.15, 0.2) is 0 Å². The third kappa shape index (κ3) is 7.39. The molecule has 1 aromatic rings. The summed E-state index contributed by atoms with van der Waals surface area (Å²) in [5.41, 5.74) is 2.68. The lowest BCUT2D eigenvalue weighted by atomic mass is 10.00. The van der Waals surface area contributed by atoms with E-state index in [1.807, 2.05) is 33.8 Å². The maximum Gasteiger partial charge on any atom is 0.298 e. The van der Waals surface area contributed by atoms with Gasteiger partial charge in [0.2, 0.25) is 0 Å². The SMILES string of the molecule is CCCCCc1cc(O)c(C/C=C(\C)CCC=C(C)C)c(O)c1S(=O)(=O)O. The van der Waals surface area contributed by atoms with Crippen LogP contribution in [0.3, 0.4) is 0 Å². The molecule has 0 saturated carbocycles. The van der Waals surface area contributed by atoms with Gasteiger partial charge in [0.25, 0.3) is 10.1 Å². The molecule has 0 fully saturated rings. The molecule has 0 aliphatic heterocycles. The monoisotopic (exact) mass is 396 g/mol. The Hall–Kier alpha value is -1.79. The highest BCUT2D eigenvalue weighted by atomic mass is 32.2. The van der Waals surface area contributed by atoms with Crippen molar-refractivity contribution in [1.29, 1.82) is 0 Å². The number of hydrogen-bond donors (Lipinski definition) is 3. The number of benzene rings is 1. The molecular weight excluding hydrogens is 364 g/mol. The van der Waals surface area contributed by atoms with E-state index in [2.05, 4.69) is 6.08 Å². The Bertz CT molecular complexity index is 800. The van der Waals surface area contributed by atoms with Gasteiger partial charge < -0.3 is 10.2 Å². The molecule has 0 aromatic heterocycles. The third-order valence-corrected chi connectivity index (χ3v) is 5.44. The fourth-order valence-electron chi connectivity index (χ4n) is 2.94. The molecule has 0 bridgehead atoms. The van der Waals surface area contributed by atoms with Gasteiger partial charge in [0, 0.05) is 5.56 Å². The molecule has 152 valence electrons. The highest BCUT2D eigenvalue weighted by Crippen LogP contribution is 2.38. The summed E-state index contributed by atoms with van der Waals surface area (Å²) in [6.45, 7) is 8.05. The molecule has 0 aliphatic carbocycles. The van der Waals surface area contributed by atoms with Crippen LogP contribution in [0.2, 0.25) is 0 Å². The van der Waals surface area contributed by atoms with Crippen molar-refractivity contribution >= 4 is 10.1 Å². The van der Waals surface area contributed by atoms with Gasteiger partial charge in [-0.25, -0.2) is 0 Å². The Morgan fingerprint density at radius 1 is 1.11 bits per heavy atom. The largest absolute Gasteiger partial charge is 0.508 e. The Morgan fingerprint density at radius 2 is 1.78 bits per heavy atom. The second-order valence-corrected chi connectivity index (χ2v) is 8.58. The van der Waals surface area contributed by atoms with E-state index in [0.717, 1.165) is 31.3 Å². The lowest BCUT2D eigenvalue weighted by Gasteiger charge is -2.14.